The van der Waals surface area contributed by atoms with Gasteiger partial charge in [-0.15, -0.1) is 0 Å². The fourth-order valence-electron chi connectivity index (χ4n) is 8.74. The van der Waals surface area contributed by atoms with Gasteiger partial charge in [0, 0.05) is 0 Å². The minimum Gasteiger partial charge on any atom is -0.393 e. The van der Waals surface area contributed by atoms with Gasteiger partial charge in [0.2, 0.25) is 0 Å². The third-order valence-corrected chi connectivity index (χ3v) is 10.7. The second-order valence-corrected chi connectivity index (χ2v) is 13.1. The average Bonchev–Trinajstić information content (AvgIpc) is 3.03. The Labute approximate surface area is 185 Å². The first-order chi connectivity index (χ1) is 14.0. The van der Waals surface area contributed by atoms with Crippen molar-refractivity contribution >= 4 is 0 Å². The number of hydrogen-bond acceptors (Lipinski definition) is 2. The molecule has 2 heteroatoms. The van der Waals surface area contributed by atoms with E-state index in [0.717, 1.165) is 49.9 Å². The van der Waals surface area contributed by atoms with Crippen LogP contribution < -0.4 is 0 Å². The normalized spacial score (nSPS) is 47.8. The molecule has 2 N–H and O–H groups in total. The third-order valence-electron chi connectivity index (χ3n) is 10.7. The molecular formula is C28H48O2. The van der Waals surface area contributed by atoms with E-state index in [-0.39, 0.29) is 6.10 Å². The molecule has 0 radical (unpaired) electrons. The Morgan fingerprint density at radius 3 is 2.40 bits per heavy atom. The minimum atomic E-state index is -0.499. The molecule has 4 aliphatic rings. The van der Waals surface area contributed by atoms with Crippen LogP contribution in [0.15, 0.2) is 11.6 Å². The van der Waals surface area contributed by atoms with E-state index in [2.05, 4.69) is 40.7 Å². The predicted octanol–water partition coefficient (Wildman–Crippen LogP) is 6.75. The molecule has 0 aromatic rings. The summed E-state index contributed by atoms with van der Waals surface area (Å²) in [7, 11) is 0. The Kier molecular flexibility index (Phi) is 6.02. The summed E-state index contributed by atoms with van der Waals surface area (Å²) < 4.78 is 0. The van der Waals surface area contributed by atoms with Crippen molar-refractivity contribution < 1.29 is 10.2 Å². The van der Waals surface area contributed by atoms with E-state index < -0.39 is 5.60 Å². The smallest absolute Gasteiger partial charge is 0.0657 e. The molecule has 0 aromatic carbocycles. The molecule has 0 heterocycles. The Morgan fingerprint density at radius 1 is 0.967 bits per heavy atom. The highest BCUT2D eigenvalue weighted by molar-refractivity contribution is 5.26. The summed E-state index contributed by atoms with van der Waals surface area (Å²) in [6.07, 6.45) is 14.1. The zero-order chi connectivity index (χ0) is 21.9. The van der Waals surface area contributed by atoms with E-state index in [4.69, 9.17) is 0 Å². The van der Waals surface area contributed by atoms with E-state index in [1.807, 2.05) is 6.92 Å². The molecule has 9 atom stereocenters. The molecule has 0 spiro atoms. The Balaban J connectivity index is 1.52. The van der Waals surface area contributed by atoms with E-state index in [9.17, 15) is 10.2 Å². The van der Waals surface area contributed by atoms with Crippen LogP contribution in [0.1, 0.15) is 106 Å². The van der Waals surface area contributed by atoms with Gasteiger partial charge < -0.3 is 10.2 Å². The van der Waals surface area contributed by atoms with Crippen molar-refractivity contribution in [1.29, 1.82) is 0 Å². The van der Waals surface area contributed by atoms with Crippen molar-refractivity contribution in [2.45, 2.75) is 117 Å². The summed E-state index contributed by atoms with van der Waals surface area (Å²) in [6, 6.07) is 0. The molecule has 0 saturated heterocycles. The van der Waals surface area contributed by atoms with Crippen molar-refractivity contribution in [3.63, 3.8) is 0 Å². The summed E-state index contributed by atoms with van der Waals surface area (Å²) in [5.74, 6) is 4.20. The van der Waals surface area contributed by atoms with Gasteiger partial charge in [-0.05, 0) is 117 Å². The summed E-state index contributed by atoms with van der Waals surface area (Å²) in [5.41, 5.74) is 1.78. The molecule has 30 heavy (non-hydrogen) atoms. The lowest BCUT2D eigenvalue weighted by atomic mass is 9.46. The van der Waals surface area contributed by atoms with Crippen LogP contribution in [0.5, 0.6) is 0 Å². The highest BCUT2D eigenvalue weighted by Gasteiger charge is 2.60. The maximum Gasteiger partial charge on any atom is 0.0657 e. The maximum atomic E-state index is 11.0. The lowest BCUT2D eigenvalue weighted by Crippen LogP contribution is -2.52. The van der Waals surface area contributed by atoms with Gasteiger partial charge in [0.15, 0.2) is 0 Å². The van der Waals surface area contributed by atoms with Crippen molar-refractivity contribution in [3.8, 4) is 0 Å². The number of aliphatic hydroxyl groups excluding tert-OH is 1. The second kappa shape index (κ2) is 7.91. The lowest BCUT2D eigenvalue weighted by Gasteiger charge is -2.59. The van der Waals surface area contributed by atoms with Crippen molar-refractivity contribution in [2.75, 3.05) is 0 Å². The van der Waals surface area contributed by atoms with Crippen LogP contribution in [0, 0.1) is 46.3 Å². The highest BCUT2D eigenvalue weighted by atomic mass is 16.3. The molecule has 3 fully saturated rings. The molecule has 0 amide bonds. The molecule has 4 aliphatic carbocycles. The first-order valence-corrected chi connectivity index (χ1v) is 13.1. The van der Waals surface area contributed by atoms with Gasteiger partial charge in [0.25, 0.3) is 0 Å². The van der Waals surface area contributed by atoms with E-state index in [1.165, 1.54) is 32.1 Å². The number of aliphatic hydroxyl groups is 2. The molecular weight excluding hydrogens is 368 g/mol. The maximum absolute atomic E-state index is 11.0. The predicted molar refractivity (Wildman–Crippen MR) is 125 cm³/mol. The third kappa shape index (κ3) is 3.72. The lowest BCUT2D eigenvalue weighted by molar-refractivity contribution is -0.0780. The molecule has 2 nitrogen and oxygen atoms in total. The van der Waals surface area contributed by atoms with Gasteiger partial charge in [0.05, 0.1) is 11.7 Å². The Bertz CT molecular complexity index is 664. The van der Waals surface area contributed by atoms with Crippen LogP contribution in [0.4, 0.5) is 0 Å². The fraction of sp³-hybridized carbons (Fsp3) is 0.929. The Hall–Kier alpha value is -0.340. The average molecular weight is 417 g/mol. The van der Waals surface area contributed by atoms with Gasteiger partial charge in [-0.1, -0.05) is 46.3 Å². The first-order valence-electron chi connectivity index (χ1n) is 13.1. The largest absolute Gasteiger partial charge is 0.393 e. The molecule has 1 unspecified atom stereocenters. The molecule has 4 rings (SSSR count). The summed E-state index contributed by atoms with van der Waals surface area (Å²) in [4.78, 5) is 0. The van der Waals surface area contributed by atoms with E-state index >= 15 is 0 Å². The number of hydrogen-bond donors (Lipinski definition) is 2. The fourth-order valence-corrected chi connectivity index (χ4v) is 8.74. The summed E-state index contributed by atoms with van der Waals surface area (Å²) in [5, 5.41) is 21.7. The van der Waals surface area contributed by atoms with E-state index in [1.54, 1.807) is 5.57 Å². The standard InChI is InChI=1S/C28H48O2/c1-18(2)7-12-25(29)19(3)22-10-11-23-21-9-8-20-17-26(4,30)15-16-27(20,5)24(21)13-14-28(22,23)6/h8,18-19,21-25,29-30H,7,9-17H2,1-6H3/t19-,21-,22+,23-,24-,25?,26-,27-,28+/m0/s1. The molecule has 0 bridgehead atoms. The van der Waals surface area contributed by atoms with E-state index in [0.29, 0.717) is 28.6 Å². The second-order valence-electron chi connectivity index (χ2n) is 13.1. The van der Waals surface area contributed by atoms with Crippen LogP contribution in [0.2, 0.25) is 0 Å². The minimum absolute atomic E-state index is 0.137. The molecule has 0 aliphatic heterocycles. The van der Waals surface area contributed by atoms with Crippen LogP contribution in [-0.2, 0) is 0 Å². The van der Waals surface area contributed by atoms with Crippen LogP contribution in [0.3, 0.4) is 0 Å². The highest BCUT2D eigenvalue weighted by Crippen LogP contribution is 2.67. The van der Waals surface area contributed by atoms with Crippen LogP contribution >= 0.6 is 0 Å². The number of allylic oxidation sites excluding steroid dienone is 1. The van der Waals surface area contributed by atoms with Gasteiger partial charge in [-0.2, -0.15) is 0 Å². The zero-order valence-corrected chi connectivity index (χ0v) is 20.6. The summed E-state index contributed by atoms with van der Waals surface area (Å²) in [6.45, 7) is 14.0. The van der Waals surface area contributed by atoms with Crippen LogP contribution in [-0.4, -0.2) is 21.9 Å². The monoisotopic (exact) mass is 416 g/mol. The van der Waals surface area contributed by atoms with Gasteiger partial charge >= 0.3 is 0 Å². The van der Waals surface area contributed by atoms with Crippen molar-refractivity contribution in [3.05, 3.63) is 11.6 Å². The van der Waals surface area contributed by atoms with Gasteiger partial charge in [-0.3, -0.25) is 0 Å². The summed E-state index contributed by atoms with van der Waals surface area (Å²) >= 11 is 0. The first kappa shape index (κ1) is 22.8. The van der Waals surface area contributed by atoms with Gasteiger partial charge in [0.1, 0.15) is 0 Å². The SMILES string of the molecule is CC(C)CCC(O)[C@@H](C)[C@H]1CC[C@H]2[C@@H]3CC=C4C[C@@](C)(O)CC[C@]4(C)[C@H]3CC[C@]12C. The van der Waals surface area contributed by atoms with Gasteiger partial charge in [-0.25, -0.2) is 0 Å². The Morgan fingerprint density at radius 2 is 1.70 bits per heavy atom. The zero-order valence-electron chi connectivity index (χ0n) is 20.6. The molecule has 0 aromatic heterocycles. The van der Waals surface area contributed by atoms with Crippen molar-refractivity contribution in [2.24, 2.45) is 46.3 Å². The van der Waals surface area contributed by atoms with Crippen molar-refractivity contribution in [1.82, 2.24) is 0 Å². The molecule has 172 valence electrons. The topological polar surface area (TPSA) is 40.5 Å². The number of fused-ring (bicyclic) bond motifs is 5. The molecule has 3 saturated carbocycles. The number of rotatable bonds is 5. The van der Waals surface area contributed by atoms with Crippen LogP contribution in [0.25, 0.3) is 0 Å². The quantitative estimate of drug-likeness (QED) is 0.487.